The van der Waals surface area contributed by atoms with E-state index in [4.69, 9.17) is 16.3 Å². The summed E-state index contributed by atoms with van der Waals surface area (Å²) in [6, 6.07) is 6.75. The standard InChI is InChI=1S/C23H27ClFN7O/c1-3-6-32-23(33-19-9-17(24)8-18(25)10-19)29-22(30-32)28-21-15-4-5-16(21)12-31(11-15)20-7-14(2)26-13-27-20/h7-10,13,15-16,21H,3-6,11-12H2,1-2H3,(H,28,30)/t15-,16+,21+. The number of nitrogens with zero attached hydrogens (tertiary/aromatic N) is 6. The fraction of sp³-hybridized carbons (Fsp3) is 0.478. The maximum Gasteiger partial charge on any atom is 0.322 e. The van der Waals surface area contributed by atoms with Crippen molar-refractivity contribution >= 4 is 23.4 Å². The fourth-order valence-corrected chi connectivity index (χ4v) is 5.13. The Bertz CT molecular complexity index is 1110. The second-order valence-corrected chi connectivity index (χ2v) is 9.27. The normalized spacial score (nSPS) is 21.9. The molecule has 10 heteroatoms. The maximum atomic E-state index is 13.7. The molecule has 0 amide bonds. The van der Waals surface area contributed by atoms with Gasteiger partial charge in [-0.15, -0.1) is 5.10 Å². The molecule has 174 valence electrons. The highest BCUT2D eigenvalue weighted by Crippen LogP contribution is 2.40. The van der Waals surface area contributed by atoms with Gasteiger partial charge in [0.1, 0.15) is 23.7 Å². The van der Waals surface area contributed by atoms with Crippen molar-refractivity contribution < 1.29 is 9.13 Å². The molecule has 1 aliphatic carbocycles. The highest BCUT2D eigenvalue weighted by molar-refractivity contribution is 6.30. The van der Waals surface area contributed by atoms with E-state index < -0.39 is 5.82 Å². The molecule has 1 N–H and O–H groups in total. The molecule has 1 aromatic carbocycles. The third-order valence-corrected chi connectivity index (χ3v) is 6.58. The minimum Gasteiger partial charge on any atom is -0.424 e. The first-order valence-electron chi connectivity index (χ1n) is 11.4. The van der Waals surface area contributed by atoms with Crippen LogP contribution in [0.3, 0.4) is 0 Å². The fourth-order valence-electron chi connectivity index (χ4n) is 4.92. The van der Waals surface area contributed by atoms with Gasteiger partial charge in [0.2, 0.25) is 5.95 Å². The molecule has 2 bridgehead atoms. The Morgan fingerprint density at radius 2 is 1.94 bits per heavy atom. The maximum absolute atomic E-state index is 13.7. The largest absolute Gasteiger partial charge is 0.424 e. The molecule has 1 saturated carbocycles. The molecule has 2 aromatic heterocycles. The summed E-state index contributed by atoms with van der Waals surface area (Å²) in [6.07, 6.45) is 4.81. The molecular formula is C23H27ClFN7O. The zero-order valence-electron chi connectivity index (χ0n) is 18.7. The predicted octanol–water partition coefficient (Wildman–Crippen LogP) is 4.70. The Morgan fingerprint density at radius 3 is 2.64 bits per heavy atom. The summed E-state index contributed by atoms with van der Waals surface area (Å²) in [5.41, 5.74) is 0.977. The first-order chi connectivity index (χ1) is 16.0. The van der Waals surface area contributed by atoms with Crippen LogP contribution in [0.5, 0.6) is 11.8 Å². The van der Waals surface area contributed by atoms with Crippen LogP contribution in [0.4, 0.5) is 16.2 Å². The molecule has 5 rings (SSSR count). The van der Waals surface area contributed by atoms with Crippen LogP contribution in [0.2, 0.25) is 5.02 Å². The van der Waals surface area contributed by atoms with E-state index in [1.54, 1.807) is 17.1 Å². The highest BCUT2D eigenvalue weighted by atomic mass is 35.5. The van der Waals surface area contributed by atoms with E-state index in [1.807, 2.05) is 13.0 Å². The number of piperidine rings is 1. The molecule has 3 heterocycles. The molecule has 2 fully saturated rings. The number of hydrogen-bond donors (Lipinski definition) is 1. The van der Waals surface area contributed by atoms with E-state index in [-0.39, 0.29) is 11.1 Å². The van der Waals surface area contributed by atoms with E-state index in [0.29, 0.717) is 36.1 Å². The van der Waals surface area contributed by atoms with E-state index >= 15 is 0 Å². The van der Waals surface area contributed by atoms with E-state index in [2.05, 4.69) is 37.2 Å². The summed E-state index contributed by atoms with van der Waals surface area (Å²) < 4.78 is 21.3. The second kappa shape index (κ2) is 9.13. The van der Waals surface area contributed by atoms with Gasteiger partial charge >= 0.3 is 6.01 Å². The summed E-state index contributed by atoms with van der Waals surface area (Å²) in [5.74, 6) is 2.32. The van der Waals surface area contributed by atoms with Crippen LogP contribution in [0.15, 0.2) is 30.6 Å². The van der Waals surface area contributed by atoms with E-state index in [0.717, 1.165) is 43.9 Å². The van der Waals surface area contributed by atoms with Crippen LogP contribution in [-0.2, 0) is 6.54 Å². The van der Waals surface area contributed by atoms with Crippen molar-refractivity contribution in [3.8, 4) is 11.8 Å². The number of hydrogen-bond acceptors (Lipinski definition) is 7. The van der Waals surface area contributed by atoms with Gasteiger partial charge in [0.15, 0.2) is 0 Å². The van der Waals surface area contributed by atoms with Crippen LogP contribution >= 0.6 is 11.6 Å². The molecule has 0 radical (unpaired) electrons. The molecule has 2 aliphatic rings. The van der Waals surface area contributed by atoms with Crippen molar-refractivity contribution in [2.24, 2.45) is 11.8 Å². The molecule has 0 spiro atoms. The Balaban J connectivity index is 1.32. The lowest BCUT2D eigenvalue weighted by molar-refractivity contribution is 0.374. The Kier molecular flexibility index (Phi) is 6.05. The van der Waals surface area contributed by atoms with Crippen LogP contribution in [0.25, 0.3) is 0 Å². The number of nitrogens with one attached hydrogen (secondary N) is 1. The molecule has 33 heavy (non-hydrogen) atoms. The van der Waals surface area contributed by atoms with Crippen molar-refractivity contribution in [3.05, 3.63) is 47.1 Å². The number of fused-ring (bicyclic) bond motifs is 2. The first kappa shape index (κ1) is 21.9. The Hall–Kier alpha value is -2.94. The molecule has 1 aliphatic heterocycles. The van der Waals surface area contributed by atoms with Crippen LogP contribution in [0.1, 0.15) is 31.9 Å². The number of aryl methyl sites for hydroxylation is 2. The van der Waals surface area contributed by atoms with E-state index in [1.165, 1.54) is 12.1 Å². The number of anilines is 2. The van der Waals surface area contributed by atoms with Gasteiger partial charge in [0, 0.05) is 48.5 Å². The van der Waals surface area contributed by atoms with Gasteiger partial charge in [-0.25, -0.2) is 19.0 Å². The number of aromatic nitrogens is 5. The van der Waals surface area contributed by atoms with Crippen molar-refractivity contribution in [2.75, 3.05) is 23.3 Å². The number of rotatable bonds is 7. The molecule has 3 atom stereocenters. The second-order valence-electron chi connectivity index (χ2n) is 8.84. The van der Waals surface area contributed by atoms with Gasteiger partial charge in [-0.1, -0.05) is 18.5 Å². The van der Waals surface area contributed by atoms with Gasteiger partial charge in [-0.3, -0.25) is 0 Å². The molecule has 3 aromatic rings. The van der Waals surface area contributed by atoms with Crippen LogP contribution < -0.4 is 15.0 Å². The van der Waals surface area contributed by atoms with Crippen LogP contribution in [-0.4, -0.2) is 43.9 Å². The minimum absolute atomic E-state index is 0.270. The van der Waals surface area contributed by atoms with Crippen molar-refractivity contribution in [1.82, 2.24) is 24.7 Å². The third kappa shape index (κ3) is 4.73. The lowest BCUT2D eigenvalue weighted by Crippen LogP contribution is -2.48. The average molecular weight is 472 g/mol. The zero-order valence-corrected chi connectivity index (χ0v) is 19.5. The first-order valence-corrected chi connectivity index (χ1v) is 11.7. The smallest absolute Gasteiger partial charge is 0.322 e. The van der Waals surface area contributed by atoms with Crippen molar-refractivity contribution in [3.63, 3.8) is 0 Å². The van der Waals surface area contributed by atoms with Gasteiger partial charge < -0.3 is 15.0 Å². The summed E-state index contributed by atoms with van der Waals surface area (Å²) in [7, 11) is 0. The monoisotopic (exact) mass is 471 g/mol. The molecule has 1 saturated heterocycles. The van der Waals surface area contributed by atoms with Crippen molar-refractivity contribution in [2.45, 2.75) is 45.7 Å². The third-order valence-electron chi connectivity index (χ3n) is 6.36. The SMILES string of the molecule is CCCn1nc(N[C@H]2[C@@H]3CC[C@H]2CN(c2cc(C)ncn2)C3)nc1Oc1cc(F)cc(Cl)c1. The summed E-state index contributed by atoms with van der Waals surface area (Å²) in [6.45, 7) is 6.56. The average Bonchev–Trinajstić information content (AvgIpc) is 3.22. The summed E-state index contributed by atoms with van der Waals surface area (Å²) in [4.78, 5) is 15.6. The zero-order chi connectivity index (χ0) is 22.9. The molecular weight excluding hydrogens is 445 g/mol. The van der Waals surface area contributed by atoms with Gasteiger partial charge in [-0.2, -0.15) is 4.98 Å². The predicted molar refractivity (Wildman–Crippen MR) is 124 cm³/mol. The minimum atomic E-state index is -0.459. The highest BCUT2D eigenvalue weighted by Gasteiger charge is 2.43. The Morgan fingerprint density at radius 1 is 1.15 bits per heavy atom. The lowest BCUT2D eigenvalue weighted by Gasteiger charge is -2.38. The molecule has 8 nitrogen and oxygen atoms in total. The number of ether oxygens (including phenoxy) is 1. The number of halogens is 2. The Labute approximate surface area is 197 Å². The summed E-state index contributed by atoms with van der Waals surface area (Å²) in [5, 5.41) is 8.47. The van der Waals surface area contributed by atoms with Gasteiger partial charge in [0.05, 0.1) is 0 Å². The topological polar surface area (TPSA) is 81.0 Å². The summed E-state index contributed by atoms with van der Waals surface area (Å²) >= 11 is 5.97. The number of benzene rings is 1. The van der Waals surface area contributed by atoms with Crippen LogP contribution in [0, 0.1) is 24.6 Å². The molecule has 0 unspecified atom stereocenters. The van der Waals surface area contributed by atoms with Crippen molar-refractivity contribution in [1.29, 1.82) is 0 Å². The lowest BCUT2D eigenvalue weighted by atomic mass is 9.92. The van der Waals surface area contributed by atoms with Gasteiger partial charge in [-0.05, 0) is 50.2 Å². The van der Waals surface area contributed by atoms with E-state index in [9.17, 15) is 4.39 Å². The van der Waals surface area contributed by atoms with Gasteiger partial charge in [0.25, 0.3) is 0 Å². The quantitative estimate of drug-likeness (QED) is 0.535.